The summed E-state index contributed by atoms with van der Waals surface area (Å²) in [6.45, 7) is -2.05. The van der Waals surface area contributed by atoms with E-state index in [1.54, 1.807) is 41.2 Å². The number of halogens is 2. The molecule has 3 heterocycles. The molecule has 5 rings (SSSR count). The van der Waals surface area contributed by atoms with Gasteiger partial charge in [-0.25, -0.2) is 15.0 Å². The zero-order valence-electron chi connectivity index (χ0n) is 21.0. The first-order valence-electron chi connectivity index (χ1n) is 12.2. The Morgan fingerprint density at radius 2 is 2.00 bits per heavy atom. The van der Waals surface area contributed by atoms with Crippen molar-refractivity contribution in [2.45, 2.75) is 25.9 Å². The van der Waals surface area contributed by atoms with Crippen LogP contribution in [0.25, 0.3) is 16.9 Å². The predicted molar refractivity (Wildman–Crippen MR) is 136 cm³/mol. The van der Waals surface area contributed by atoms with Crippen LogP contribution < -0.4 is 19.1 Å². The lowest BCUT2D eigenvalue weighted by molar-refractivity contribution is -0.0502. The van der Waals surface area contributed by atoms with E-state index in [1.807, 2.05) is 18.0 Å². The van der Waals surface area contributed by atoms with E-state index in [4.69, 9.17) is 14.2 Å². The molecule has 38 heavy (non-hydrogen) atoms. The molecule has 1 aliphatic rings. The number of carbonyl (C=O) groups excluding carboxylic acids is 1. The molecule has 9 nitrogen and oxygen atoms in total. The smallest absolute Gasteiger partial charge is 0.387 e. The Bertz CT molecular complexity index is 1430. The van der Waals surface area contributed by atoms with Crippen molar-refractivity contribution in [3.05, 3.63) is 60.8 Å². The first-order valence-corrected chi connectivity index (χ1v) is 12.2. The highest BCUT2D eigenvalue weighted by Gasteiger charge is 2.29. The topological polar surface area (TPSA) is 91.1 Å². The van der Waals surface area contributed by atoms with Crippen LogP contribution in [0.5, 0.6) is 17.2 Å². The van der Waals surface area contributed by atoms with Gasteiger partial charge in [-0.1, -0.05) is 0 Å². The Labute approximate surface area is 218 Å². The number of Topliss-reactive ketones (excluding diaryl/α,β-unsaturated/α-hetero) is 1. The number of pyridine rings is 1. The Kier molecular flexibility index (Phi) is 7.34. The Morgan fingerprint density at radius 3 is 2.71 bits per heavy atom. The summed E-state index contributed by atoms with van der Waals surface area (Å²) in [7, 11) is 3.32. The second-order valence-electron chi connectivity index (χ2n) is 9.07. The minimum Gasteiger partial charge on any atom is -0.496 e. The summed E-state index contributed by atoms with van der Waals surface area (Å²) in [6.07, 6.45) is 8.78. The molecule has 1 fully saturated rings. The van der Waals surface area contributed by atoms with Crippen LogP contribution in [-0.2, 0) is 0 Å². The van der Waals surface area contributed by atoms with Crippen LogP contribution in [0.15, 0.2) is 55.2 Å². The fourth-order valence-corrected chi connectivity index (χ4v) is 4.24. The van der Waals surface area contributed by atoms with Crippen molar-refractivity contribution in [2.75, 3.05) is 32.2 Å². The van der Waals surface area contributed by atoms with Crippen LogP contribution in [-0.4, -0.2) is 59.1 Å². The first-order chi connectivity index (χ1) is 18.4. The molecule has 0 amide bonds. The number of ketones is 1. The van der Waals surface area contributed by atoms with Gasteiger partial charge in [0.2, 0.25) is 0 Å². The van der Waals surface area contributed by atoms with Crippen molar-refractivity contribution in [1.82, 2.24) is 19.4 Å². The molecule has 1 aliphatic carbocycles. The number of carbonyl (C=O) groups is 1. The van der Waals surface area contributed by atoms with Crippen molar-refractivity contribution in [2.24, 2.45) is 5.92 Å². The summed E-state index contributed by atoms with van der Waals surface area (Å²) in [4.78, 5) is 27.4. The number of rotatable bonds is 12. The minimum atomic E-state index is -3.09. The molecule has 0 unspecified atom stereocenters. The predicted octanol–water partition coefficient (Wildman–Crippen LogP) is 4.90. The van der Waals surface area contributed by atoms with Gasteiger partial charge in [-0.05, 0) is 43.0 Å². The van der Waals surface area contributed by atoms with Crippen molar-refractivity contribution in [1.29, 1.82) is 0 Å². The summed E-state index contributed by atoms with van der Waals surface area (Å²) in [5.41, 5.74) is 1.78. The van der Waals surface area contributed by atoms with E-state index in [9.17, 15) is 13.6 Å². The highest BCUT2D eigenvalue weighted by atomic mass is 19.3. The molecule has 0 spiro atoms. The van der Waals surface area contributed by atoms with Gasteiger partial charge in [-0.2, -0.15) is 8.78 Å². The van der Waals surface area contributed by atoms with Gasteiger partial charge >= 0.3 is 6.61 Å². The van der Waals surface area contributed by atoms with E-state index in [2.05, 4.69) is 15.0 Å². The zero-order chi connectivity index (χ0) is 26.6. The number of imidazole rings is 1. The molecule has 11 heteroatoms. The summed E-state index contributed by atoms with van der Waals surface area (Å²) >= 11 is 0. The molecule has 1 aromatic carbocycles. The number of methoxy groups -OCH3 is 1. The van der Waals surface area contributed by atoms with Gasteiger partial charge in [0.25, 0.3) is 0 Å². The summed E-state index contributed by atoms with van der Waals surface area (Å²) in [5, 5.41) is 0. The number of alkyl halides is 2. The van der Waals surface area contributed by atoms with E-state index in [-0.39, 0.29) is 35.2 Å². The maximum absolute atomic E-state index is 13.3. The summed E-state index contributed by atoms with van der Waals surface area (Å²) < 4.78 is 44.5. The second kappa shape index (κ2) is 11.0. The molecule has 0 aliphatic heterocycles. The van der Waals surface area contributed by atoms with E-state index in [0.29, 0.717) is 35.8 Å². The van der Waals surface area contributed by atoms with Crippen molar-refractivity contribution >= 4 is 17.2 Å². The monoisotopic (exact) mass is 523 g/mol. The molecule has 0 radical (unpaired) electrons. The number of aromatic nitrogens is 4. The highest BCUT2D eigenvalue weighted by molar-refractivity contribution is 6.02. The van der Waals surface area contributed by atoms with Crippen molar-refractivity contribution < 1.29 is 27.8 Å². The van der Waals surface area contributed by atoms with Crippen LogP contribution in [0.4, 0.5) is 14.6 Å². The van der Waals surface area contributed by atoms with Crippen LogP contribution in [0.3, 0.4) is 0 Å². The Morgan fingerprint density at radius 1 is 1.18 bits per heavy atom. The van der Waals surface area contributed by atoms with Crippen molar-refractivity contribution in [3.63, 3.8) is 0 Å². The highest BCUT2D eigenvalue weighted by Crippen LogP contribution is 2.40. The number of hydrogen-bond acceptors (Lipinski definition) is 8. The van der Waals surface area contributed by atoms with Gasteiger partial charge in [0.15, 0.2) is 5.78 Å². The molecule has 3 aromatic heterocycles. The number of ether oxygens (including phenoxy) is 3. The Hall–Kier alpha value is -4.28. The van der Waals surface area contributed by atoms with Gasteiger partial charge in [0.1, 0.15) is 47.2 Å². The Balaban J connectivity index is 1.37. The molecule has 198 valence electrons. The molecule has 4 aromatic rings. The molecular weight excluding hydrogens is 496 g/mol. The number of fused-ring (bicyclic) bond motifs is 1. The lowest BCUT2D eigenvalue weighted by Gasteiger charge is -2.18. The lowest BCUT2D eigenvalue weighted by atomic mass is 10.00. The quantitative estimate of drug-likeness (QED) is 0.242. The molecule has 0 saturated heterocycles. The van der Waals surface area contributed by atoms with E-state index in [1.165, 1.54) is 19.5 Å². The SMILES string of the molecule is COc1cc(-c2cnc3cc(OCCN(C)c4ccncn4)ccn23)cc(OC(F)F)c1C(=O)CC1CC1. The molecule has 0 bridgehead atoms. The van der Waals surface area contributed by atoms with Crippen LogP contribution in [0.1, 0.15) is 29.6 Å². The van der Waals surface area contributed by atoms with Crippen LogP contribution >= 0.6 is 0 Å². The van der Waals surface area contributed by atoms with Crippen molar-refractivity contribution in [3.8, 4) is 28.5 Å². The maximum Gasteiger partial charge on any atom is 0.387 e. The number of benzene rings is 1. The fourth-order valence-electron chi connectivity index (χ4n) is 4.24. The van der Waals surface area contributed by atoms with Crippen LogP contribution in [0, 0.1) is 5.92 Å². The lowest BCUT2D eigenvalue weighted by Crippen LogP contribution is -2.24. The standard InChI is InChI=1S/C27H27F2N5O4/c1-33(24-5-7-30-16-32-24)9-10-37-19-6-8-34-20(15-31-25(34)14-19)18-12-22(36-2)26(21(35)11-17-3-4-17)23(13-18)38-27(28)29/h5-8,12-17,27H,3-4,9-11H2,1-2H3. The van der Waals surface area contributed by atoms with Gasteiger partial charge < -0.3 is 19.1 Å². The maximum atomic E-state index is 13.3. The fraction of sp³-hybridized carbons (Fsp3) is 0.333. The molecular formula is C27H27F2N5O4. The third-order valence-electron chi connectivity index (χ3n) is 6.39. The largest absolute Gasteiger partial charge is 0.496 e. The van der Waals surface area contributed by atoms with Gasteiger partial charge in [0, 0.05) is 37.5 Å². The van der Waals surface area contributed by atoms with E-state index < -0.39 is 6.61 Å². The molecule has 1 saturated carbocycles. The van der Waals surface area contributed by atoms with Crippen LogP contribution in [0.2, 0.25) is 0 Å². The third-order valence-corrected chi connectivity index (χ3v) is 6.39. The summed E-state index contributed by atoms with van der Waals surface area (Å²) in [5.74, 6) is 1.43. The number of likely N-dealkylation sites (N-methyl/N-ethyl adjacent to an activating group) is 1. The second-order valence-corrected chi connectivity index (χ2v) is 9.07. The average Bonchev–Trinajstić information content (AvgIpc) is 3.63. The number of nitrogens with zero attached hydrogens (tertiary/aromatic N) is 5. The van der Waals surface area contributed by atoms with Gasteiger partial charge in [-0.15, -0.1) is 0 Å². The first kappa shape index (κ1) is 25.4. The summed E-state index contributed by atoms with van der Waals surface area (Å²) in [6, 6.07) is 8.49. The van der Waals surface area contributed by atoms with Gasteiger partial charge in [0.05, 0.1) is 25.5 Å². The average molecular weight is 524 g/mol. The van der Waals surface area contributed by atoms with E-state index in [0.717, 1.165) is 18.7 Å². The zero-order valence-corrected chi connectivity index (χ0v) is 21.0. The van der Waals surface area contributed by atoms with E-state index >= 15 is 0 Å². The molecule has 0 N–H and O–H groups in total. The minimum absolute atomic E-state index is 0.0416. The normalized spacial score (nSPS) is 13.1. The molecule has 0 atom stereocenters. The number of anilines is 1. The third kappa shape index (κ3) is 5.66. The number of hydrogen-bond donors (Lipinski definition) is 0. The van der Waals surface area contributed by atoms with Gasteiger partial charge in [-0.3, -0.25) is 9.20 Å².